The largest absolute Gasteiger partial charge is 0.386 e. The molecule has 0 radical (unpaired) electrons. The number of hydrogen-bond donors (Lipinski definition) is 0. The summed E-state index contributed by atoms with van der Waals surface area (Å²) in [5.41, 5.74) is 5.08. The van der Waals surface area contributed by atoms with Crippen LogP contribution < -0.4 is 0 Å². The fraction of sp³-hybridized carbons (Fsp3) is 0.0588. The van der Waals surface area contributed by atoms with Crippen molar-refractivity contribution in [1.29, 1.82) is 0 Å². The van der Waals surface area contributed by atoms with Gasteiger partial charge < -0.3 is 4.74 Å². The van der Waals surface area contributed by atoms with Crippen molar-refractivity contribution in [3.63, 3.8) is 0 Å². The predicted molar refractivity (Wildman–Crippen MR) is 96.6 cm³/mol. The minimum absolute atomic E-state index is 0.278. The highest BCUT2D eigenvalue weighted by Crippen LogP contribution is 2.31. The minimum atomic E-state index is -0.635. The van der Waals surface area contributed by atoms with Crippen LogP contribution in [-0.4, -0.2) is 29.4 Å². The lowest BCUT2D eigenvalue weighted by Gasteiger charge is -2.03. The Hall–Kier alpha value is -3.04. The Labute approximate surface area is 154 Å². The Morgan fingerprint density at radius 2 is 1.42 bits per heavy atom. The summed E-state index contributed by atoms with van der Waals surface area (Å²) in [5.74, 6) is -1.25. The molecule has 3 heterocycles. The second-order valence-electron chi connectivity index (χ2n) is 5.76. The zero-order valence-electron chi connectivity index (χ0n) is 13.0. The van der Waals surface area contributed by atoms with Crippen molar-refractivity contribution >= 4 is 63.0 Å². The minimum Gasteiger partial charge on any atom is -0.386 e. The molecule has 0 aliphatic carbocycles. The van der Waals surface area contributed by atoms with Crippen LogP contribution in [0.15, 0.2) is 42.0 Å². The predicted octanol–water partition coefficient (Wildman–Crippen LogP) is 2.78. The Kier molecular flexibility index (Phi) is 3.37. The van der Waals surface area contributed by atoms with Crippen molar-refractivity contribution in [2.75, 3.05) is 0 Å². The molecule has 0 saturated heterocycles. The number of hydrogen-bond acceptors (Lipinski definition) is 9. The first-order chi connectivity index (χ1) is 12.7. The Balaban J connectivity index is 1.62. The molecule has 2 aromatic carbocycles. The van der Waals surface area contributed by atoms with E-state index in [1.165, 1.54) is 0 Å². The normalized spacial score (nSPS) is 14.6. The van der Waals surface area contributed by atoms with Gasteiger partial charge in [0.2, 0.25) is 0 Å². The Morgan fingerprint density at radius 3 is 2.19 bits per heavy atom. The van der Waals surface area contributed by atoms with E-state index in [0.29, 0.717) is 16.7 Å². The van der Waals surface area contributed by atoms with Crippen LogP contribution in [0.2, 0.25) is 0 Å². The van der Waals surface area contributed by atoms with Crippen molar-refractivity contribution in [2.24, 2.45) is 0 Å². The van der Waals surface area contributed by atoms with Crippen LogP contribution in [-0.2, 0) is 20.7 Å². The Morgan fingerprint density at radius 1 is 0.769 bits per heavy atom. The summed E-state index contributed by atoms with van der Waals surface area (Å²) >= 11 is 2.23. The van der Waals surface area contributed by atoms with Gasteiger partial charge in [-0.1, -0.05) is 12.1 Å². The number of nitrogens with zero attached hydrogens (tertiary/aromatic N) is 4. The van der Waals surface area contributed by atoms with Crippen molar-refractivity contribution in [3.05, 3.63) is 53.1 Å². The number of benzene rings is 2. The number of aromatic nitrogens is 4. The molecule has 9 heteroatoms. The summed E-state index contributed by atoms with van der Waals surface area (Å²) in [6.45, 7) is 0. The molecule has 2 aromatic heterocycles. The number of carbonyl (C=O) groups excluding carboxylic acids is 2. The van der Waals surface area contributed by atoms with Crippen LogP contribution in [0.3, 0.4) is 0 Å². The highest BCUT2D eigenvalue weighted by Gasteiger charge is 2.34. The van der Waals surface area contributed by atoms with E-state index in [1.54, 1.807) is 18.2 Å². The van der Waals surface area contributed by atoms with Crippen LogP contribution in [0.5, 0.6) is 0 Å². The molecule has 1 aliphatic heterocycles. The van der Waals surface area contributed by atoms with Gasteiger partial charge in [-0.3, -0.25) is 0 Å². The van der Waals surface area contributed by atoms with E-state index in [9.17, 15) is 9.59 Å². The molecule has 4 aromatic rings. The summed E-state index contributed by atoms with van der Waals surface area (Å²) in [4.78, 5) is 24.5. The molecular weight excluding hydrogens is 372 g/mol. The highest BCUT2D eigenvalue weighted by atomic mass is 32.1. The van der Waals surface area contributed by atoms with Gasteiger partial charge in [-0.05, 0) is 35.4 Å². The second kappa shape index (κ2) is 5.75. The third kappa shape index (κ3) is 2.40. The van der Waals surface area contributed by atoms with E-state index in [1.807, 2.05) is 18.2 Å². The van der Waals surface area contributed by atoms with Crippen LogP contribution in [0, 0.1) is 0 Å². The van der Waals surface area contributed by atoms with E-state index in [-0.39, 0.29) is 12.0 Å². The maximum Gasteiger partial charge on any atom is 0.347 e. The van der Waals surface area contributed by atoms with Gasteiger partial charge in [0, 0.05) is 6.42 Å². The van der Waals surface area contributed by atoms with Crippen molar-refractivity contribution < 1.29 is 14.3 Å². The lowest BCUT2D eigenvalue weighted by molar-refractivity contribution is -0.150. The maximum atomic E-state index is 12.3. The number of cyclic esters (lactones) is 2. The molecular formula is C17H8N4O3S2. The van der Waals surface area contributed by atoms with Gasteiger partial charge in [0.1, 0.15) is 22.1 Å². The van der Waals surface area contributed by atoms with Gasteiger partial charge in [-0.15, -0.1) is 0 Å². The topological polar surface area (TPSA) is 94.9 Å². The quantitative estimate of drug-likeness (QED) is 0.398. The number of carbonyl (C=O) groups is 2. The van der Waals surface area contributed by atoms with Crippen molar-refractivity contribution in [2.45, 2.75) is 6.42 Å². The Bertz CT molecular complexity index is 1240. The van der Waals surface area contributed by atoms with Crippen LogP contribution in [0.4, 0.5) is 0 Å². The summed E-state index contributed by atoms with van der Waals surface area (Å²) in [5, 5.41) is 0. The lowest BCUT2D eigenvalue weighted by Crippen LogP contribution is -2.03. The average Bonchev–Trinajstić information content (AvgIpc) is 3.34. The van der Waals surface area contributed by atoms with Gasteiger partial charge in [0.05, 0.1) is 34.6 Å². The summed E-state index contributed by atoms with van der Waals surface area (Å²) in [7, 11) is 0. The molecule has 5 rings (SSSR count). The molecule has 0 amide bonds. The summed E-state index contributed by atoms with van der Waals surface area (Å²) in [6.07, 6.45) is 0.278. The third-order valence-electron chi connectivity index (χ3n) is 4.18. The van der Waals surface area contributed by atoms with Gasteiger partial charge in [-0.25, -0.2) is 9.59 Å². The molecule has 0 saturated carbocycles. The van der Waals surface area contributed by atoms with E-state index in [4.69, 9.17) is 4.74 Å². The third-order valence-corrected chi connectivity index (χ3v) is 5.29. The highest BCUT2D eigenvalue weighted by molar-refractivity contribution is 7.00. The molecule has 0 unspecified atom stereocenters. The van der Waals surface area contributed by atoms with Crippen molar-refractivity contribution in [1.82, 2.24) is 17.5 Å². The molecule has 0 fully saturated rings. The van der Waals surface area contributed by atoms with Crippen LogP contribution >= 0.6 is 23.5 Å². The average molecular weight is 380 g/mol. The smallest absolute Gasteiger partial charge is 0.347 e. The van der Waals surface area contributed by atoms with Crippen LogP contribution in [0.25, 0.3) is 27.6 Å². The summed E-state index contributed by atoms with van der Waals surface area (Å²) in [6, 6.07) is 10.9. The van der Waals surface area contributed by atoms with E-state index in [0.717, 1.165) is 45.6 Å². The molecule has 0 atom stereocenters. The number of esters is 2. The van der Waals surface area contributed by atoms with E-state index >= 15 is 0 Å². The summed E-state index contributed by atoms with van der Waals surface area (Å²) < 4.78 is 21.6. The second-order valence-corrected chi connectivity index (χ2v) is 6.82. The van der Waals surface area contributed by atoms with Gasteiger partial charge in [-0.2, -0.15) is 17.5 Å². The fourth-order valence-corrected chi connectivity index (χ4v) is 3.99. The molecule has 0 bridgehead atoms. The molecule has 0 spiro atoms. The van der Waals surface area contributed by atoms with Crippen LogP contribution in [0.1, 0.15) is 11.1 Å². The SMILES string of the molecule is O=C1OC(=O)C(c2ccc3nsnc3c2)=C1Cc1ccc2nsnc2c1. The first-order valence-electron chi connectivity index (χ1n) is 7.62. The monoisotopic (exact) mass is 380 g/mol. The zero-order chi connectivity index (χ0) is 17.7. The van der Waals surface area contributed by atoms with Gasteiger partial charge >= 0.3 is 11.9 Å². The van der Waals surface area contributed by atoms with Gasteiger partial charge in [0.15, 0.2) is 0 Å². The molecule has 126 valence electrons. The lowest BCUT2D eigenvalue weighted by atomic mass is 9.96. The number of fused-ring (bicyclic) bond motifs is 2. The number of ether oxygens (including phenoxy) is 1. The zero-order valence-corrected chi connectivity index (χ0v) is 14.6. The first kappa shape index (κ1) is 15.2. The van der Waals surface area contributed by atoms with Crippen molar-refractivity contribution in [3.8, 4) is 0 Å². The standard InChI is InChI=1S/C17H8N4O3S2/c22-16-10(5-8-1-3-11-13(6-8)20-25-18-11)15(17(23)24-16)9-2-4-12-14(7-9)21-26-19-12/h1-4,6-7H,5H2. The molecule has 7 nitrogen and oxygen atoms in total. The number of rotatable bonds is 3. The van der Waals surface area contributed by atoms with E-state index < -0.39 is 11.9 Å². The molecule has 0 N–H and O–H groups in total. The maximum absolute atomic E-state index is 12.3. The van der Waals surface area contributed by atoms with E-state index in [2.05, 4.69) is 17.5 Å². The van der Waals surface area contributed by atoms with Gasteiger partial charge in [0.25, 0.3) is 0 Å². The molecule has 1 aliphatic rings. The molecule has 26 heavy (non-hydrogen) atoms. The fourth-order valence-electron chi connectivity index (χ4n) is 2.95. The first-order valence-corrected chi connectivity index (χ1v) is 9.08.